The van der Waals surface area contributed by atoms with Gasteiger partial charge in [0.05, 0.1) is 17.8 Å². The van der Waals surface area contributed by atoms with Crippen LogP contribution in [0.25, 0.3) is 0 Å². The predicted octanol–water partition coefficient (Wildman–Crippen LogP) is 4.34. The van der Waals surface area contributed by atoms with Crippen molar-refractivity contribution in [2.75, 3.05) is 14.2 Å². The van der Waals surface area contributed by atoms with Gasteiger partial charge in [0.25, 0.3) is 0 Å². The van der Waals surface area contributed by atoms with Crippen molar-refractivity contribution in [1.29, 1.82) is 0 Å². The SMILES string of the molecule is CO[C@H]1CC[C@@]2(C)C(=C[C@@](C)(O)[C@H]3[C@@H]4CC[C@H](OC)[C@@]4(C)CC[C@@H]32)C1. The highest BCUT2D eigenvalue weighted by molar-refractivity contribution is 5.31. The molecule has 3 nitrogen and oxygen atoms in total. The third-order valence-corrected chi connectivity index (χ3v) is 8.93. The molecule has 4 aliphatic rings. The molecule has 3 heteroatoms. The van der Waals surface area contributed by atoms with Gasteiger partial charge in [-0.05, 0) is 80.5 Å². The Labute approximate surface area is 153 Å². The summed E-state index contributed by atoms with van der Waals surface area (Å²) in [6.07, 6.45) is 11.1. The van der Waals surface area contributed by atoms with Crippen LogP contribution < -0.4 is 0 Å². The normalized spacial score (nSPS) is 55.1. The van der Waals surface area contributed by atoms with Crippen LogP contribution >= 0.6 is 0 Å². The number of ether oxygens (including phenoxy) is 2. The van der Waals surface area contributed by atoms with Gasteiger partial charge < -0.3 is 14.6 Å². The third kappa shape index (κ3) is 2.41. The first-order valence-corrected chi connectivity index (χ1v) is 10.3. The summed E-state index contributed by atoms with van der Waals surface area (Å²) < 4.78 is 11.5. The van der Waals surface area contributed by atoms with Gasteiger partial charge >= 0.3 is 0 Å². The Morgan fingerprint density at radius 3 is 2.40 bits per heavy atom. The quantitative estimate of drug-likeness (QED) is 0.755. The Hall–Kier alpha value is -0.380. The molecule has 3 saturated carbocycles. The highest BCUT2D eigenvalue weighted by Crippen LogP contribution is 2.67. The maximum atomic E-state index is 11.5. The average molecular weight is 349 g/mol. The number of rotatable bonds is 2. The lowest BCUT2D eigenvalue weighted by Crippen LogP contribution is -2.59. The van der Waals surface area contributed by atoms with E-state index in [9.17, 15) is 5.11 Å². The zero-order valence-corrected chi connectivity index (χ0v) is 16.7. The van der Waals surface area contributed by atoms with E-state index >= 15 is 0 Å². The highest BCUT2D eigenvalue weighted by Gasteiger charge is 2.63. The Bertz CT molecular complexity index is 568. The molecule has 0 heterocycles. The van der Waals surface area contributed by atoms with Gasteiger partial charge in [-0.15, -0.1) is 0 Å². The molecule has 142 valence electrons. The molecule has 8 atom stereocenters. The zero-order valence-electron chi connectivity index (χ0n) is 16.7. The molecule has 3 fully saturated rings. The molecule has 1 N–H and O–H groups in total. The second kappa shape index (κ2) is 5.81. The molecule has 4 rings (SSSR count). The minimum Gasteiger partial charge on any atom is -0.386 e. The van der Waals surface area contributed by atoms with Gasteiger partial charge in [0.2, 0.25) is 0 Å². The third-order valence-electron chi connectivity index (χ3n) is 8.93. The van der Waals surface area contributed by atoms with E-state index in [-0.39, 0.29) is 10.8 Å². The van der Waals surface area contributed by atoms with Crippen molar-refractivity contribution in [3.05, 3.63) is 11.6 Å². The number of hydrogen-bond donors (Lipinski definition) is 1. The average Bonchev–Trinajstić information content (AvgIpc) is 2.91. The van der Waals surface area contributed by atoms with Crippen LogP contribution in [0, 0.1) is 28.6 Å². The molecule has 0 aromatic carbocycles. The predicted molar refractivity (Wildman–Crippen MR) is 99.3 cm³/mol. The number of methoxy groups -OCH3 is 2. The van der Waals surface area contributed by atoms with Crippen molar-refractivity contribution < 1.29 is 14.6 Å². The van der Waals surface area contributed by atoms with E-state index in [0.29, 0.717) is 30.0 Å². The molecular weight excluding hydrogens is 312 g/mol. The fraction of sp³-hybridized carbons (Fsp3) is 0.909. The first-order valence-electron chi connectivity index (χ1n) is 10.3. The monoisotopic (exact) mass is 348 g/mol. The Kier molecular flexibility index (Phi) is 4.18. The van der Waals surface area contributed by atoms with Gasteiger partial charge in [0.1, 0.15) is 0 Å². The molecule has 25 heavy (non-hydrogen) atoms. The van der Waals surface area contributed by atoms with E-state index in [2.05, 4.69) is 26.8 Å². The summed E-state index contributed by atoms with van der Waals surface area (Å²) in [5.74, 6) is 1.52. The maximum Gasteiger partial charge on any atom is 0.0836 e. The van der Waals surface area contributed by atoms with Crippen LogP contribution in [0.15, 0.2) is 11.6 Å². The molecule has 0 saturated heterocycles. The lowest BCUT2D eigenvalue weighted by Gasteiger charge is -2.61. The lowest BCUT2D eigenvalue weighted by atomic mass is 9.45. The van der Waals surface area contributed by atoms with Gasteiger partial charge in [0.15, 0.2) is 0 Å². The van der Waals surface area contributed by atoms with Crippen LogP contribution in [0.4, 0.5) is 0 Å². The molecule has 0 aliphatic heterocycles. The summed E-state index contributed by atoms with van der Waals surface area (Å²) in [7, 11) is 3.70. The summed E-state index contributed by atoms with van der Waals surface area (Å²) in [5.41, 5.74) is 1.23. The Morgan fingerprint density at radius 2 is 1.72 bits per heavy atom. The van der Waals surface area contributed by atoms with Gasteiger partial charge in [-0.1, -0.05) is 25.5 Å². The Balaban J connectivity index is 1.74. The molecule has 0 bridgehead atoms. The second-order valence-corrected chi connectivity index (χ2v) is 10.00. The van der Waals surface area contributed by atoms with Gasteiger partial charge in [-0.3, -0.25) is 0 Å². The van der Waals surface area contributed by atoms with Crippen molar-refractivity contribution in [2.45, 2.75) is 83.5 Å². The molecule has 0 spiro atoms. The van der Waals surface area contributed by atoms with Crippen molar-refractivity contribution in [1.82, 2.24) is 0 Å². The topological polar surface area (TPSA) is 38.7 Å². The summed E-state index contributed by atoms with van der Waals surface area (Å²) in [6, 6.07) is 0. The number of hydrogen-bond acceptors (Lipinski definition) is 3. The first-order chi connectivity index (χ1) is 11.8. The summed E-state index contributed by atoms with van der Waals surface area (Å²) in [6.45, 7) is 6.97. The van der Waals surface area contributed by atoms with Crippen LogP contribution in [0.2, 0.25) is 0 Å². The zero-order chi connectivity index (χ0) is 18.0. The van der Waals surface area contributed by atoms with Gasteiger partial charge in [0, 0.05) is 14.2 Å². The largest absolute Gasteiger partial charge is 0.386 e. The minimum atomic E-state index is -0.704. The van der Waals surface area contributed by atoms with E-state index in [1.54, 1.807) is 0 Å². The van der Waals surface area contributed by atoms with Crippen LogP contribution in [0.5, 0.6) is 0 Å². The standard InChI is InChI=1S/C22H36O3/c1-20-10-8-15(24-4)12-14(20)13-22(3,23)19-16-6-7-18(25-5)21(16,2)11-9-17(19)20/h13,15-19,23H,6-12H2,1-5H3/t15-,16-,17-,18-,19-,20-,21-,22+/m0/s1. The molecule has 0 aromatic rings. The number of aliphatic hydroxyl groups is 1. The van der Waals surface area contributed by atoms with Crippen molar-refractivity contribution in [3.8, 4) is 0 Å². The lowest BCUT2D eigenvalue weighted by molar-refractivity contribution is -0.143. The van der Waals surface area contributed by atoms with Crippen LogP contribution in [0.3, 0.4) is 0 Å². The van der Waals surface area contributed by atoms with Crippen molar-refractivity contribution >= 4 is 0 Å². The van der Waals surface area contributed by atoms with E-state index in [1.165, 1.54) is 31.3 Å². The maximum absolute atomic E-state index is 11.5. The number of fused-ring (bicyclic) bond motifs is 5. The molecule has 0 radical (unpaired) electrons. The van der Waals surface area contributed by atoms with Gasteiger partial charge in [-0.2, -0.15) is 0 Å². The van der Waals surface area contributed by atoms with Crippen LogP contribution in [0.1, 0.15) is 65.7 Å². The molecule has 4 aliphatic carbocycles. The first kappa shape index (κ1) is 18.0. The van der Waals surface area contributed by atoms with Crippen LogP contribution in [-0.4, -0.2) is 37.1 Å². The molecular formula is C22H36O3. The molecule has 0 amide bonds. The van der Waals surface area contributed by atoms with E-state index in [0.717, 1.165) is 19.3 Å². The summed E-state index contributed by atoms with van der Waals surface area (Å²) in [5, 5.41) is 11.5. The summed E-state index contributed by atoms with van der Waals surface area (Å²) in [4.78, 5) is 0. The van der Waals surface area contributed by atoms with Gasteiger partial charge in [-0.25, -0.2) is 0 Å². The van der Waals surface area contributed by atoms with E-state index < -0.39 is 5.60 Å². The molecule has 0 aromatic heterocycles. The Morgan fingerprint density at radius 1 is 0.960 bits per heavy atom. The van der Waals surface area contributed by atoms with Crippen LogP contribution in [-0.2, 0) is 9.47 Å². The fourth-order valence-electron chi connectivity index (χ4n) is 7.51. The highest BCUT2D eigenvalue weighted by atomic mass is 16.5. The van der Waals surface area contributed by atoms with E-state index in [4.69, 9.17) is 9.47 Å². The smallest absolute Gasteiger partial charge is 0.0836 e. The summed E-state index contributed by atoms with van der Waals surface area (Å²) >= 11 is 0. The van der Waals surface area contributed by atoms with Crippen molar-refractivity contribution in [3.63, 3.8) is 0 Å². The second-order valence-electron chi connectivity index (χ2n) is 10.00. The minimum absolute atomic E-state index is 0.228. The van der Waals surface area contributed by atoms with Crippen molar-refractivity contribution in [2.24, 2.45) is 28.6 Å². The molecule has 0 unspecified atom stereocenters. The van der Waals surface area contributed by atoms with E-state index in [1.807, 2.05) is 14.2 Å². The fourth-order valence-corrected chi connectivity index (χ4v) is 7.51.